The Bertz CT molecular complexity index is 1260. The molecule has 1 aliphatic rings. The Labute approximate surface area is 178 Å². The summed E-state index contributed by atoms with van der Waals surface area (Å²) >= 11 is 5.01. The summed E-state index contributed by atoms with van der Waals surface area (Å²) in [5, 5.41) is 19.1. The molecule has 1 atom stereocenters. The van der Waals surface area contributed by atoms with Gasteiger partial charge in [0.1, 0.15) is 23.2 Å². The van der Waals surface area contributed by atoms with Crippen molar-refractivity contribution >= 4 is 27.3 Å². The van der Waals surface area contributed by atoms with Gasteiger partial charge in [-0.2, -0.15) is 5.26 Å². The molecule has 5 rings (SSSR count). The number of fused-ring (bicyclic) bond motifs is 1. The fourth-order valence-corrected chi connectivity index (χ4v) is 4.41. The maximum absolute atomic E-state index is 9.79. The van der Waals surface area contributed by atoms with Crippen LogP contribution in [0.5, 0.6) is 5.88 Å². The van der Waals surface area contributed by atoms with Crippen LogP contribution < -0.4 is 10.5 Å². The summed E-state index contributed by atoms with van der Waals surface area (Å²) < 4.78 is 12.8. The van der Waals surface area contributed by atoms with Gasteiger partial charge >= 0.3 is 0 Å². The predicted molar refractivity (Wildman–Crippen MR) is 113 cm³/mol. The summed E-state index contributed by atoms with van der Waals surface area (Å²) in [6.45, 7) is 0. The Kier molecular flexibility index (Phi) is 4.27. The standard InChI is InChI=1S/C21H13BrN4O2S/c22-12-5-3-11(4-6-12)14-7-8-15(27-14)17-13(10-23)20(24)28-21-18(17)19(25-26-21)16-2-1-9-29-16/h1-9,17H,24H2,(H,25,26)/t17-/m1/s1. The van der Waals surface area contributed by atoms with Gasteiger partial charge in [0.05, 0.1) is 22.1 Å². The molecule has 142 valence electrons. The molecule has 0 aliphatic carbocycles. The summed E-state index contributed by atoms with van der Waals surface area (Å²) in [4.78, 5) is 0.991. The van der Waals surface area contributed by atoms with E-state index in [2.05, 4.69) is 32.2 Å². The van der Waals surface area contributed by atoms with Crippen LogP contribution in [0, 0.1) is 11.3 Å². The number of hydrogen-bond donors (Lipinski definition) is 2. The Morgan fingerprint density at radius 3 is 2.72 bits per heavy atom. The number of H-pyrrole nitrogens is 1. The Hall–Kier alpha value is -3.28. The fourth-order valence-electron chi connectivity index (χ4n) is 3.42. The van der Waals surface area contributed by atoms with Gasteiger partial charge in [0.25, 0.3) is 0 Å². The van der Waals surface area contributed by atoms with Crippen LogP contribution in [0.25, 0.3) is 21.9 Å². The van der Waals surface area contributed by atoms with E-state index in [-0.39, 0.29) is 5.88 Å². The summed E-state index contributed by atoms with van der Waals surface area (Å²) in [5.41, 5.74) is 8.81. The van der Waals surface area contributed by atoms with E-state index in [9.17, 15) is 5.26 Å². The van der Waals surface area contributed by atoms with E-state index >= 15 is 0 Å². The smallest absolute Gasteiger partial charge is 0.244 e. The molecule has 0 fully saturated rings. The van der Waals surface area contributed by atoms with E-state index in [4.69, 9.17) is 14.9 Å². The van der Waals surface area contributed by atoms with Crippen LogP contribution in [0.4, 0.5) is 0 Å². The third-order valence-electron chi connectivity index (χ3n) is 4.75. The van der Waals surface area contributed by atoms with Crippen LogP contribution >= 0.6 is 27.3 Å². The van der Waals surface area contributed by atoms with Crippen molar-refractivity contribution in [2.24, 2.45) is 5.73 Å². The molecule has 4 aromatic rings. The van der Waals surface area contributed by atoms with Gasteiger partial charge in [0.2, 0.25) is 11.8 Å². The zero-order chi connectivity index (χ0) is 20.0. The van der Waals surface area contributed by atoms with Crippen molar-refractivity contribution in [1.82, 2.24) is 10.2 Å². The molecule has 0 spiro atoms. The summed E-state index contributed by atoms with van der Waals surface area (Å²) in [5.74, 6) is 1.19. The van der Waals surface area contributed by atoms with Gasteiger partial charge in [-0.3, -0.25) is 5.10 Å². The quantitative estimate of drug-likeness (QED) is 0.423. The van der Waals surface area contributed by atoms with Gasteiger partial charge < -0.3 is 14.9 Å². The lowest BCUT2D eigenvalue weighted by Gasteiger charge is -2.21. The van der Waals surface area contributed by atoms with Crippen molar-refractivity contribution in [3.8, 4) is 33.8 Å². The molecule has 3 aromatic heterocycles. The number of halogens is 1. The van der Waals surface area contributed by atoms with E-state index in [1.165, 1.54) is 0 Å². The van der Waals surface area contributed by atoms with E-state index in [1.807, 2.05) is 53.9 Å². The second kappa shape index (κ2) is 6.95. The van der Waals surface area contributed by atoms with E-state index in [0.717, 1.165) is 26.2 Å². The number of allylic oxidation sites excluding steroid dienone is 1. The van der Waals surface area contributed by atoms with Gasteiger partial charge in [0, 0.05) is 10.0 Å². The number of benzene rings is 1. The summed E-state index contributed by atoms with van der Waals surface area (Å²) in [6.07, 6.45) is 0. The average molecular weight is 465 g/mol. The molecule has 6 nitrogen and oxygen atoms in total. The third kappa shape index (κ3) is 2.95. The van der Waals surface area contributed by atoms with Crippen LogP contribution in [0.1, 0.15) is 17.2 Å². The normalized spacial score (nSPS) is 15.7. The number of nitrogens with two attached hydrogens (primary N) is 1. The number of furan rings is 1. The molecule has 4 heterocycles. The highest BCUT2D eigenvalue weighted by Crippen LogP contribution is 2.47. The van der Waals surface area contributed by atoms with Crippen molar-refractivity contribution in [3.63, 3.8) is 0 Å². The predicted octanol–water partition coefficient (Wildman–Crippen LogP) is 5.38. The molecular weight excluding hydrogens is 452 g/mol. The lowest BCUT2D eigenvalue weighted by atomic mass is 9.87. The van der Waals surface area contributed by atoms with Crippen LogP contribution in [0.3, 0.4) is 0 Å². The van der Waals surface area contributed by atoms with Crippen LogP contribution in [0.2, 0.25) is 0 Å². The number of nitrogens with one attached hydrogen (secondary N) is 1. The monoisotopic (exact) mass is 464 g/mol. The second-order valence-electron chi connectivity index (χ2n) is 6.43. The number of rotatable bonds is 3. The van der Waals surface area contributed by atoms with Gasteiger partial charge in [-0.1, -0.05) is 34.1 Å². The molecular formula is C21H13BrN4O2S. The molecule has 0 saturated carbocycles. The Morgan fingerprint density at radius 1 is 1.17 bits per heavy atom. The Balaban J connectivity index is 1.66. The van der Waals surface area contributed by atoms with E-state index < -0.39 is 5.92 Å². The molecule has 0 amide bonds. The number of thiophene rings is 1. The van der Waals surface area contributed by atoms with Crippen LogP contribution in [0.15, 0.2) is 74.3 Å². The molecule has 8 heteroatoms. The maximum Gasteiger partial charge on any atom is 0.244 e. The highest BCUT2D eigenvalue weighted by Gasteiger charge is 2.37. The molecule has 0 unspecified atom stereocenters. The number of hydrogen-bond acceptors (Lipinski definition) is 6. The van der Waals surface area contributed by atoms with Crippen LogP contribution in [-0.2, 0) is 0 Å². The second-order valence-corrected chi connectivity index (χ2v) is 8.29. The average Bonchev–Trinajstić information content (AvgIpc) is 3.47. The number of aromatic amines is 1. The molecule has 0 saturated heterocycles. The molecule has 0 bridgehead atoms. The summed E-state index contributed by atoms with van der Waals surface area (Å²) in [7, 11) is 0. The topological polar surface area (TPSA) is 101 Å². The molecule has 1 aromatic carbocycles. The first-order valence-electron chi connectivity index (χ1n) is 8.71. The first kappa shape index (κ1) is 17.8. The number of aromatic nitrogens is 2. The van der Waals surface area contributed by atoms with E-state index in [0.29, 0.717) is 23.0 Å². The fraction of sp³-hybridized carbons (Fsp3) is 0.0476. The Morgan fingerprint density at radius 2 is 2.00 bits per heavy atom. The lowest BCUT2D eigenvalue weighted by Crippen LogP contribution is -2.20. The minimum Gasteiger partial charge on any atom is -0.460 e. The van der Waals surface area contributed by atoms with Gasteiger partial charge in [0.15, 0.2) is 0 Å². The third-order valence-corrected chi connectivity index (χ3v) is 6.16. The lowest BCUT2D eigenvalue weighted by molar-refractivity contribution is 0.372. The van der Waals surface area contributed by atoms with Crippen molar-refractivity contribution in [2.45, 2.75) is 5.92 Å². The van der Waals surface area contributed by atoms with Gasteiger partial charge in [-0.25, -0.2) is 0 Å². The van der Waals surface area contributed by atoms with Crippen molar-refractivity contribution < 1.29 is 9.15 Å². The molecule has 29 heavy (non-hydrogen) atoms. The largest absolute Gasteiger partial charge is 0.460 e. The first-order valence-corrected chi connectivity index (χ1v) is 10.4. The highest BCUT2D eigenvalue weighted by molar-refractivity contribution is 9.10. The zero-order valence-corrected chi connectivity index (χ0v) is 17.3. The van der Waals surface area contributed by atoms with Crippen LogP contribution in [-0.4, -0.2) is 10.2 Å². The molecule has 0 radical (unpaired) electrons. The number of nitrogens with zero attached hydrogens (tertiary/aromatic N) is 2. The molecule has 3 N–H and O–H groups in total. The molecule has 1 aliphatic heterocycles. The SMILES string of the molecule is N#CC1=C(N)Oc2n[nH]c(-c3cccs3)c2[C@H]1c1ccc(-c2ccc(Br)cc2)o1. The van der Waals surface area contributed by atoms with Gasteiger partial charge in [-0.05, 0) is 35.7 Å². The van der Waals surface area contributed by atoms with Crippen molar-refractivity contribution in [1.29, 1.82) is 5.26 Å². The van der Waals surface area contributed by atoms with Crippen molar-refractivity contribution in [3.05, 3.63) is 81.2 Å². The van der Waals surface area contributed by atoms with E-state index in [1.54, 1.807) is 11.3 Å². The zero-order valence-electron chi connectivity index (χ0n) is 14.8. The first-order chi connectivity index (χ1) is 14.2. The summed E-state index contributed by atoms with van der Waals surface area (Å²) in [6, 6.07) is 17.7. The van der Waals surface area contributed by atoms with Crippen molar-refractivity contribution in [2.75, 3.05) is 0 Å². The number of nitriles is 1. The maximum atomic E-state index is 9.79. The minimum atomic E-state index is -0.510. The minimum absolute atomic E-state index is 0.0378. The highest BCUT2D eigenvalue weighted by atomic mass is 79.9. The number of ether oxygens (including phenoxy) is 1. The van der Waals surface area contributed by atoms with Gasteiger partial charge in [-0.15, -0.1) is 16.4 Å².